The first-order valence-corrected chi connectivity index (χ1v) is 13.3. The van der Waals surface area contributed by atoms with Crippen molar-refractivity contribution in [3.63, 3.8) is 0 Å². The predicted octanol–water partition coefficient (Wildman–Crippen LogP) is 4.38. The van der Waals surface area contributed by atoms with Crippen LogP contribution in [0.1, 0.15) is 43.0 Å². The number of aromatic amines is 1. The van der Waals surface area contributed by atoms with E-state index < -0.39 is 5.41 Å². The zero-order chi connectivity index (χ0) is 25.6. The van der Waals surface area contributed by atoms with Crippen LogP contribution in [0.2, 0.25) is 0 Å². The number of H-pyrrole nitrogens is 1. The summed E-state index contributed by atoms with van der Waals surface area (Å²) in [4.78, 5) is 31.5. The van der Waals surface area contributed by atoms with Gasteiger partial charge in [-0.15, -0.1) is 0 Å². The molecule has 2 aromatic carbocycles. The van der Waals surface area contributed by atoms with Crippen molar-refractivity contribution in [2.75, 3.05) is 26.8 Å². The standard InChI is InChI=1S/C30H34N2O5/c1-19(33)37-23-8-9-26-25(15-23)24-10-12-32-17-21-14-22(11-13-36-18-20-6-4-3-5-7-20)28(32)30(16-21,27(24)31-26)29(34)35-2/h3-9,15,21-22,28,31H,10-14,16-18H2,1-2H3. The quantitative estimate of drug-likeness (QED) is 0.294. The summed E-state index contributed by atoms with van der Waals surface area (Å²) < 4.78 is 17.0. The third-order valence-corrected chi connectivity index (χ3v) is 8.61. The number of carbonyl (C=O) groups excluding carboxylic acids is 2. The van der Waals surface area contributed by atoms with Gasteiger partial charge >= 0.3 is 11.9 Å². The van der Waals surface area contributed by atoms with Crippen LogP contribution in [0.4, 0.5) is 0 Å². The van der Waals surface area contributed by atoms with Gasteiger partial charge in [-0.25, -0.2) is 0 Å². The first-order valence-electron chi connectivity index (χ1n) is 13.3. The summed E-state index contributed by atoms with van der Waals surface area (Å²) in [6.07, 6.45) is 3.65. The fraction of sp³-hybridized carbons (Fsp3) is 0.467. The fourth-order valence-electron chi connectivity index (χ4n) is 7.41. The molecular formula is C30H34N2O5. The van der Waals surface area contributed by atoms with E-state index in [1.54, 1.807) is 6.07 Å². The van der Waals surface area contributed by atoms with Crippen LogP contribution in [0.15, 0.2) is 48.5 Å². The maximum Gasteiger partial charge on any atom is 0.319 e. The number of ether oxygens (including phenoxy) is 3. The van der Waals surface area contributed by atoms with E-state index in [1.165, 1.54) is 19.6 Å². The highest BCUT2D eigenvalue weighted by Crippen LogP contribution is 2.55. The third-order valence-electron chi connectivity index (χ3n) is 8.61. The van der Waals surface area contributed by atoms with Crippen molar-refractivity contribution in [2.24, 2.45) is 11.8 Å². The van der Waals surface area contributed by atoms with E-state index in [9.17, 15) is 9.59 Å². The Morgan fingerprint density at radius 2 is 2.00 bits per heavy atom. The molecule has 1 aromatic heterocycles. The average Bonchev–Trinajstić information content (AvgIpc) is 3.23. The van der Waals surface area contributed by atoms with Crippen LogP contribution in [0.25, 0.3) is 10.9 Å². The number of hydrogen-bond donors (Lipinski definition) is 1. The van der Waals surface area contributed by atoms with Crippen LogP contribution in [0.5, 0.6) is 5.75 Å². The predicted molar refractivity (Wildman–Crippen MR) is 139 cm³/mol. The van der Waals surface area contributed by atoms with Gasteiger partial charge in [0.25, 0.3) is 0 Å². The molecule has 194 valence electrons. The largest absolute Gasteiger partial charge is 0.468 e. The fourth-order valence-corrected chi connectivity index (χ4v) is 7.41. The van der Waals surface area contributed by atoms with E-state index in [0.717, 1.165) is 60.9 Å². The molecular weight excluding hydrogens is 468 g/mol. The molecule has 5 unspecified atom stereocenters. The lowest BCUT2D eigenvalue weighted by Crippen LogP contribution is -2.67. The minimum atomic E-state index is -0.744. The lowest BCUT2D eigenvalue weighted by molar-refractivity contribution is -0.163. The van der Waals surface area contributed by atoms with Crippen molar-refractivity contribution in [2.45, 2.75) is 50.7 Å². The monoisotopic (exact) mass is 502 g/mol. The summed E-state index contributed by atoms with van der Waals surface area (Å²) in [7, 11) is 1.51. The molecule has 1 N–H and O–H groups in total. The minimum Gasteiger partial charge on any atom is -0.468 e. The molecule has 4 bridgehead atoms. The van der Waals surface area contributed by atoms with Crippen molar-refractivity contribution >= 4 is 22.8 Å². The van der Waals surface area contributed by atoms with Gasteiger partial charge in [-0.05, 0) is 66.8 Å². The van der Waals surface area contributed by atoms with Crippen molar-refractivity contribution in [3.05, 3.63) is 65.4 Å². The number of esters is 2. The first kappa shape index (κ1) is 24.2. The molecule has 4 heterocycles. The van der Waals surface area contributed by atoms with E-state index >= 15 is 0 Å². The molecule has 1 saturated carbocycles. The molecule has 4 aliphatic rings. The number of fused-ring (bicyclic) bond motifs is 4. The third kappa shape index (κ3) is 4.14. The number of hydrogen-bond acceptors (Lipinski definition) is 6. The van der Waals surface area contributed by atoms with Crippen LogP contribution in [0, 0.1) is 11.8 Å². The Labute approximate surface area is 217 Å². The van der Waals surface area contributed by atoms with Crippen LogP contribution in [0.3, 0.4) is 0 Å². The Morgan fingerprint density at radius 1 is 1.16 bits per heavy atom. The highest BCUT2D eigenvalue weighted by Gasteiger charge is 2.62. The molecule has 3 fully saturated rings. The molecule has 5 atom stereocenters. The minimum absolute atomic E-state index is 0.0625. The zero-order valence-corrected chi connectivity index (χ0v) is 21.5. The highest BCUT2D eigenvalue weighted by molar-refractivity contribution is 5.92. The Hall–Kier alpha value is -3.16. The van der Waals surface area contributed by atoms with Gasteiger partial charge in [0.15, 0.2) is 0 Å². The molecule has 7 rings (SSSR count). The highest BCUT2D eigenvalue weighted by atomic mass is 16.5. The zero-order valence-electron chi connectivity index (χ0n) is 21.5. The summed E-state index contributed by atoms with van der Waals surface area (Å²) in [5.74, 6) is 0.797. The Balaban J connectivity index is 1.34. The van der Waals surface area contributed by atoms with Crippen molar-refractivity contribution in [1.82, 2.24) is 9.88 Å². The van der Waals surface area contributed by atoms with E-state index in [-0.39, 0.29) is 18.0 Å². The summed E-state index contributed by atoms with van der Waals surface area (Å²) in [6.45, 7) is 4.58. The maximum absolute atomic E-state index is 13.8. The van der Waals surface area contributed by atoms with Crippen LogP contribution < -0.4 is 4.74 Å². The number of nitrogens with zero attached hydrogens (tertiary/aromatic N) is 1. The van der Waals surface area contributed by atoms with E-state index in [2.05, 4.69) is 22.0 Å². The Bertz CT molecular complexity index is 1320. The van der Waals surface area contributed by atoms with E-state index in [4.69, 9.17) is 14.2 Å². The van der Waals surface area contributed by atoms with Gasteiger partial charge in [-0.2, -0.15) is 0 Å². The maximum atomic E-state index is 13.8. The molecule has 0 spiro atoms. The number of carbonyl (C=O) groups is 2. The van der Waals surface area contributed by atoms with Gasteiger partial charge in [0.2, 0.25) is 0 Å². The molecule has 2 saturated heterocycles. The molecule has 37 heavy (non-hydrogen) atoms. The van der Waals surface area contributed by atoms with Crippen molar-refractivity contribution in [3.8, 4) is 5.75 Å². The van der Waals surface area contributed by atoms with Crippen LogP contribution in [-0.2, 0) is 37.5 Å². The van der Waals surface area contributed by atoms with Crippen LogP contribution >= 0.6 is 0 Å². The lowest BCUT2D eigenvalue weighted by Gasteiger charge is -2.58. The topological polar surface area (TPSA) is 80.9 Å². The summed E-state index contributed by atoms with van der Waals surface area (Å²) >= 11 is 0. The lowest BCUT2D eigenvalue weighted by atomic mass is 9.56. The van der Waals surface area contributed by atoms with Gasteiger partial charge < -0.3 is 19.2 Å². The second-order valence-corrected chi connectivity index (χ2v) is 10.8. The van der Waals surface area contributed by atoms with Crippen molar-refractivity contribution < 1.29 is 23.8 Å². The number of piperidine rings is 2. The second kappa shape index (κ2) is 9.62. The SMILES string of the molecule is COC(=O)C12CC3CC(CCOCc4ccccc4)C1N(CCc1c2[nH]c2ccc(OC(C)=O)cc12)C3. The number of rotatable bonds is 7. The molecule has 7 nitrogen and oxygen atoms in total. The average molecular weight is 503 g/mol. The molecule has 3 aromatic rings. The summed E-state index contributed by atoms with van der Waals surface area (Å²) in [5, 5.41) is 1.02. The summed E-state index contributed by atoms with van der Waals surface area (Å²) in [6, 6.07) is 16.0. The molecule has 7 heteroatoms. The number of benzene rings is 2. The van der Waals surface area contributed by atoms with Gasteiger partial charge in [0, 0.05) is 49.3 Å². The number of methoxy groups -OCH3 is 1. The van der Waals surface area contributed by atoms with Gasteiger partial charge in [-0.3, -0.25) is 14.5 Å². The number of nitrogens with one attached hydrogen (secondary N) is 1. The van der Waals surface area contributed by atoms with Crippen LogP contribution in [-0.4, -0.2) is 54.7 Å². The number of aromatic nitrogens is 1. The van der Waals surface area contributed by atoms with Crippen molar-refractivity contribution in [1.29, 1.82) is 0 Å². The molecule has 3 aliphatic heterocycles. The second-order valence-electron chi connectivity index (χ2n) is 10.8. The molecule has 0 amide bonds. The van der Waals surface area contributed by atoms with Gasteiger partial charge in [0.1, 0.15) is 11.2 Å². The van der Waals surface area contributed by atoms with Gasteiger partial charge in [-0.1, -0.05) is 30.3 Å². The first-order chi connectivity index (χ1) is 18.0. The molecule has 1 aliphatic carbocycles. The van der Waals surface area contributed by atoms with Gasteiger partial charge in [0.05, 0.1) is 13.7 Å². The summed E-state index contributed by atoms with van der Waals surface area (Å²) in [5.41, 5.74) is 3.52. The van der Waals surface area contributed by atoms with E-state index in [0.29, 0.717) is 30.8 Å². The Morgan fingerprint density at radius 3 is 2.78 bits per heavy atom. The van der Waals surface area contributed by atoms with E-state index in [1.807, 2.05) is 30.3 Å². The smallest absolute Gasteiger partial charge is 0.319 e. The normalized spacial score (nSPS) is 27.9. The molecule has 0 radical (unpaired) electrons. The Kier molecular flexibility index (Phi) is 6.29.